The van der Waals surface area contributed by atoms with Gasteiger partial charge in [-0.2, -0.15) is 0 Å². The predicted molar refractivity (Wildman–Crippen MR) is 92.1 cm³/mol. The smallest absolute Gasteiger partial charge is 0.338 e. The SMILES string of the molecule is O=C(O)c1ccccc1.O=C(OC1CCCCC1)c1ccccc1. The van der Waals surface area contributed by atoms with Crippen LogP contribution in [-0.2, 0) is 4.74 Å². The summed E-state index contributed by atoms with van der Waals surface area (Å²) in [7, 11) is 0. The van der Waals surface area contributed by atoms with Crippen molar-refractivity contribution in [2.45, 2.75) is 38.2 Å². The molecule has 0 spiro atoms. The average molecular weight is 326 g/mol. The zero-order valence-corrected chi connectivity index (χ0v) is 13.6. The van der Waals surface area contributed by atoms with Crippen LogP contribution in [0.1, 0.15) is 52.8 Å². The van der Waals surface area contributed by atoms with Crippen LogP contribution in [0.4, 0.5) is 0 Å². The molecule has 1 saturated carbocycles. The lowest BCUT2D eigenvalue weighted by Gasteiger charge is -2.21. The second-order valence-corrected chi connectivity index (χ2v) is 5.70. The molecule has 0 atom stereocenters. The first kappa shape index (κ1) is 17.7. The highest BCUT2D eigenvalue weighted by molar-refractivity contribution is 5.89. The number of esters is 1. The van der Waals surface area contributed by atoms with Gasteiger partial charge in [-0.15, -0.1) is 0 Å². The molecular formula is C20H22O4. The van der Waals surface area contributed by atoms with Gasteiger partial charge in [0.15, 0.2) is 0 Å². The minimum Gasteiger partial charge on any atom is -0.478 e. The van der Waals surface area contributed by atoms with Crippen molar-refractivity contribution >= 4 is 11.9 Å². The van der Waals surface area contributed by atoms with Gasteiger partial charge in [-0.05, 0) is 49.9 Å². The monoisotopic (exact) mass is 326 g/mol. The first-order valence-electron chi connectivity index (χ1n) is 8.21. The molecule has 1 aliphatic rings. The zero-order chi connectivity index (χ0) is 17.2. The molecule has 2 aromatic carbocycles. The van der Waals surface area contributed by atoms with Crippen molar-refractivity contribution in [3.63, 3.8) is 0 Å². The maximum Gasteiger partial charge on any atom is 0.338 e. The molecule has 2 aromatic rings. The van der Waals surface area contributed by atoms with Crippen molar-refractivity contribution in [1.29, 1.82) is 0 Å². The minimum atomic E-state index is -0.879. The Kier molecular flexibility index (Phi) is 7.02. The molecule has 0 aromatic heterocycles. The summed E-state index contributed by atoms with van der Waals surface area (Å²) in [5.74, 6) is -1.06. The highest BCUT2D eigenvalue weighted by Crippen LogP contribution is 2.21. The Labute approximate surface area is 142 Å². The van der Waals surface area contributed by atoms with E-state index in [2.05, 4.69) is 0 Å². The number of hydrogen-bond acceptors (Lipinski definition) is 3. The van der Waals surface area contributed by atoms with Crippen LogP contribution >= 0.6 is 0 Å². The van der Waals surface area contributed by atoms with E-state index in [9.17, 15) is 9.59 Å². The van der Waals surface area contributed by atoms with Crippen LogP contribution in [0.5, 0.6) is 0 Å². The summed E-state index contributed by atoms with van der Waals surface area (Å²) in [6.45, 7) is 0. The molecule has 1 fully saturated rings. The Morgan fingerprint density at radius 1 is 0.792 bits per heavy atom. The summed E-state index contributed by atoms with van der Waals surface area (Å²) in [6, 6.07) is 17.5. The van der Waals surface area contributed by atoms with Gasteiger partial charge in [0.2, 0.25) is 0 Å². The molecule has 1 N–H and O–H groups in total. The molecule has 0 bridgehead atoms. The van der Waals surface area contributed by atoms with E-state index in [-0.39, 0.29) is 12.1 Å². The molecular weight excluding hydrogens is 304 g/mol. The van der Waals surface area contributed by atoms with Gasteiger partial charge < -0.3 is 9.84 Å². The summed E-state index contributed by atoms with van der Waals surface area (Å²) < 4.78 is 5.44. The van der Waals surface area contributed by atoms with Crippen LogP contribution in [0.3, 0.4) is 0 Å². The number of carbonyl (C=O) groups is 2. The topological polar surface area (TPSA) is 63.6 Å². The molecule has 0 amide bonds. The van der Waals surface area contributed by atoms with Gasteiger partial charge in [0, 0.05) is 0 Å². The summed E-state index contributed by atoms with van der Waals surface area (Å²) >= 11 is 0. The van der Waals surface area contributed by atoms with Gasteiger partial charge in [-0.3, -0.25) is 0 Å². The van der Waals surface area contributed by atoms with E-state index in [0.717, 1.165) is 12.8 Å². The van der Waals surface area contributed by atoms with E-state index in [1.807, 2.05) is 18.2 Å². The molecule has 0 saturated heterocycles. The summed E-state index contributed by atoms with van der Waals surface area (Å²) in [4.78, 5) is 21.9. The normalized spacial score (nSPS) is 14.2. The maximum atomic E-state index is 11.7. The van der Waals surface area contributed by atoms with Crippen LogP contribution < -0.4 is 0 Å². The molecule has 4 nitrogen and oxygen atoms in total. The highest BCUT2D eigenvalue weighted by Gasteiger charge is 2.18. The molecule has 3 rings (SSSR count). The number of aromatic carboxylic acids is 1. The first-order chi connectivity index (χ1) is 11.7. The number of rotatable bonds is 3. The van der Waals surface area contributed by atoms with Crippen LogP contribution in [0.15, 0.2) is 60.7 Å². The zero-order valence-electron chi connectivity index (χ0n) is 13.6. The Morgan fingerprint density at radius 2 is 1.29 bits per heavy atom. The number of benzene rings is 2. The van der Waals surface area contributed by atoms with Gasteiger partial charge >= 0.3 is 11.9 Å². The van der Waals surface area contributed by atoms with Gasteiger partial charge in [0.1, 0.15) is 6.10 Å². The minimum absolute atomic E-state index is 0.145. The number of ether oxygens (including phenoxy) is 1. The standard InChI is InChI=1S/C13H16O2.C7H6O2/c14-13(11-7-3-1-4-8-11)15-12-9-5-2-6-10-12;8-7(9)6-4-2-1-3-5-6/h1,3-4,7-8,12H,2,5-6,9-10H2;1-5H,(H,8,9). The summed E-state index contributed by atoms with van der Waals surface area (Å²) in [5.41, 5.74) is 0.987. The molecule has 0 unspecified atom stereocenters. The molecule has 4 heteroatoms. The number of carboxylic acid groups (broad SMARTS) is 1. The molecule has 0 heterocycles. The third-order valence-electron chi connectivity index (χ3n) is 3.86. The Morgan fingerprint density at radius 3 is 1.75 bits per heavy atom. The quantitative estimate of drug-likeness (QED) is 0.840. The van der Waals surface area contributed by atoms with E-state index in [0.29, 0.717) is 11.1 Å². The van der Waals surface area contributed by atoms with Crippen molar-refractivity contribution in [3.8, 4) is 0 Å². The van der Waals surface area contributed by atoms with E-state index >= 15 is 0 Å². The van der Waals surface area contributed by atoms with Crippen molar-refractivity contribution in [2.24, 2.45) is 0 Å². The van der Waals surface area contributed by atoms with Crippen molar-refractivity contribution in [3.05, 3.63) is 71.8 Å². The van der Waals surface area contributed by atoms with Crippen LogP contribution in [-0.4, -0.2) is 23.1 Å². The van der Waals surface area contributed by atoms with Gasteiger partial charge in [0.05, 0.1) is 11.1 Å². The van der Waals surface area contributed by atoms with Crippen molar-refractivity contribution in [2.75, 3.05) is 0 Å². The maximum absolute atomic E-state index is 11.7. The van der Waals surface area contributed by atoms with Crippen LogP contribution in [0.2, 0.25) is 0 Å². The lowest BCUT2D eigenvalue weighted by Crippen LogP contribution is -2.20. The Hall–Kier alpha value is -2.62. The third kappa shape index (κ3) is 5.88. The largest absolute Gasteiger partial charge is 0.478 e. The second-order valence-electron chi connectivity index (χ2n) is 5.70. The van der Waals surface area contributed by atoms with E-state index in [1.165, 1.54) is 19.3 Å². The molecule has 126 valence electrons. The number of carbonyl (C=O) groups excluding carboxylic acids is 1. The van der Waals surface area contributed by atoms with E-state index in [1.54, 1.807) is 42.5 Å². The molecule has 24 heavy (non-hydrogen) atoms. The fourth-order valence-corrected chi connectivity index (χ4v) is 2.56. The average Bonchev–Trinajstić information content (AvgIpc) is 2.64. The van der Waals surface area contributed by atoms with E-state index < -0.39 is 5.97 Å². The number of hydrogen-bond donors (Lipinski definition) is 1. The van der Waals surface area contributed by atoms with E-state index in [4.69, 9.17) is 9.84 Å². The van der Waals surface area contributed by atoms with Gasteiger partial charge in [-0.1, -0.05) is 42.8 Å². The molecule has 0 aliphatic heterocycles. The Bertz CT molecular complexity index is 631. The van der Waals surface area contributed by atoms with Crippen molar-refractivity contribution < 1.29 is 19.4 Å². The molecule has 0 radical (unpaired) electrons. The fraction of sp³-hybridized carbons (Fsp3) is 0.300. The van der Waals surface area contributed by atoms with Crippen LogP contribution in [0, 0.1) is 0 Å². The molecule has 1 aliphatic carbocycles. The predicted octanol–water partition coefficient (Wildman–Crippen LogP) is 4.56. The lowest BCUT2D eigenvalue weighted by molar-refractivity contribution is 0.0211. The summed E-state index contributed by atoms with van der Waals surface area (Å²) in [6.07, 6.45) is 5.85. The third-order valence-corrected chi connectivity index (χ3v) is 3.86. The lowest BCUT2D eigenvalue weighted by atomic mass is 9.98. The van der Waals surface area contributed by atoms with Gasteiger partial charge in [0.25, 0.3) is 0 Å². The second kappa shape index (κ2) is 9.50. The van der Waals surface area contributed by atoms with Crippen LogP contribution in [0.25, 0.3) is 0 Å². The van der Waals surface area contributed by atoms with Crippen molar-refractivity contribution in [1.82, 2.24) is 0 Å². The summed E-state index contributed by atoms with van der Waals surface area (Å²) in [5, 5.41) is 8.38. The first-order valence-corrected chi connectivity index (χ1v) is 8.21. The van der Waals surface area contributed by atoms with Gasteiger partial charge in [-0.25, -0.2) is 9.59 Å². The fourth-order valence-electron chi connectivity index (χ4n) is 2.56. The highest BCUT2D eigenvalue weighted by atomic mass is 16.5. The Balaban J connectivity index is 0.000000198. The number of carboxylic acids is 1.